The van der Waals surface area contributed by atoms with Crippen LogP contribution in [0.4, 0.5) is 0 Å². The molecule has 3 unspecified atom stereocenters. The first-order valence-corrected chi connectivity index (χ1v) is 8.32. The van der Waals surface area contributed by atoms with Crippen LogP contribution in [0.2, 0.25) is 0 Å². The van der Waals surface area contributed by atoms with E-state index in [2.05, 4.69) is 10.6 Å². The normalized spacial score (nSPS) is 41.7. The van der Waals surface area contributed by atoms with Gasteiger partial charge in [-0.25, -0.2) is 0 Å². The smallest absolute Gasteiger partial charge is 0.0198 e. The minimum absolute atomic E-state index is 0.769. The summed E-state index contributed by atoms with van der Waals surface area (Å²) in [5.41, 5.74) is 0.769. The molecule has 2 nitrogen and oxygen atoms in total. The highest BCUT2D eigenvalue weighted by atomic mass is 15.1. The zero-order valence-electron chi connectivity index (χ0n) is 11.6. The number of hydrogen-bond donors (Lipinski definition) is 2. The molecule has 1 aliphatic heterocycles. The third-order valence-corrected chi connectivity index (χ3v) is 6.15. The van der Waals surface area contributed by atoms with E-state index in [-0.39, 0.29) is 0 Å². The minimum atomic E-state index is 0.769. The largest absolute Gasteiger partial charge is 0.315 e. The van der Waals surface area contributed by atoms with Crippen LogP contribution in [-0.4, -0.2) is 25.2 Å². The molecule has 4 aliphatic rings. The maximum Gasteiger partial charge on any atom is 0.0198 e. The van der Waals surface area contributed by atoms with Crippen LogP contribution in [0.15, 0.2) is 0 Å². The number of hydrogen-bond acceptors (Lipinski definition) is 2. The van der Waals surface area contributed by atoms with Gasteiger partial charge in [-0.15, -0.1) is 0 Å². The lowest BCUT2D eigenvalue weighted by Crippen LogP contribution is -2.40. The summed E-state index contributed by atoms with van der Waals surface area (Å²) >= 11 is 0. The molecule has 0 aromatic rings. The Morgan fingerprint density at radius 2 is 1.89 bits per heavy atom. The van der Waals surface area contributed by atoms with Crippen LogP contribution in [0, 0.1) is 17.3 Å². The number of nitrogens with one attached hydrogen (secondary N) is 2. The van der Waals surface area contributed by atoms with Crippen molar-refractivity contribution in [3.63, 3.8) is 0 Å². The summed E-state index contributed by atoms with van der Waals surface area (Å²) in [6.45, 7) is 2.53. The minimum Gasteiger partial charge on any atom is -0.315 e. The summed E-state index contributed by atoms with van der Waals surface area (Å²) in [4.78, 5) is 0. The Hall–Kier alpha value is -0.0800. The zero-order chi connectivity index (χ0) is 12.0. The Labute approximate surface area is 111 Å². The van der Waals surface area contributed by atoms with Gasteiger partial charge >= 0.3 is 0 Å². The number of fused-ring (bicyclic) bond motifs is 1. The third-order valence-electron chi connectivity index (χ3n) is 6.15. The monoisotopic (exact) mass is 248 g/mol. The second-order valence-corrected chi connectivity index (χ2v) is 7.52. The van der Waals surface area contributed by atoms with Crippen LogP contribution in [-0.2, 0) is 0 Å². The molecule has 1 heterocycles. The third kappa shape index (κ3) is 2.22. The van der Waals surface area contributed by atoms with E-state index in [1.54, 1.807) is 0 Å². The summed E-state index contributed by atoms with van der Waals surface area (Å²) in [6.07, 6.45) is 13.4. The van der Waals surface area contributed by atoms with Gasteiger partial charge < -0.3 is 10.6 Å². The molecule has 3 saturated carbocycles. The summed E-state index contributed by atoms with van der Waals surface area (Å²) in [6, 6.07) is 1.64. The predicted molar refractivity (Wildman–Crippen MR) is 74.5 cm³/mol. The molecule has 18 heavy (non-hydrogen) atoms. The highest BCUT2D eigenvalue weighted by Gasteiger charge is 2.53. The van der Waals surface area contributed by atoms with E-state index in [0.29, 0.717) is 0 Å². The van der Waals surface area contributed by atoms with Crippen molar-refractivity contribution in [1.82, 2.24) is 10.6 Å². The molecule has 4 fully saturated rings. The van der Waals surface area contributed by atoms with E-state index >= 15 is 0 Å². The molecule has 2 heteroatoms. The molecule has 102 valence electrons. The van der Waals surface area contributed by atoms with Crippen molar-refractivity contribution in [3.8, 4) is 0 Å². The average Bonchev–Trinajstić information content (AvgIpc) is 3.26. The Morgan fingerprint density at radius 1 is 1.06 bits per heavy atom. The van der Waals surface area contributed by atoms with Crippen molar-refractivity contribution in [1.29, 1.82) is 0 Å². The second-order valence-electron chi connectivity index (χ2n) is 7.52. The highest BCUT2D eigenvalue weighted by molar-refractivity contribution is 5.05. The van der Waals surface area contributed by atoms with E-state index in [1.165, 1.54) is 70.9 Å². The molecule has 3 aliphatic carbocycles. The first kappa shape index (κ1) is 11.7. The van der Waals surface area contributed by atoms with Crippen molar-refractivity contribution in [2.75, 3.05) is 13.1 Å². The SMILES string of the molecule is C1CCC2NC(CNCC3(C4CC4)CC3)CC2C1. The molecule has 0 bridgehead atoms. The molecule has 2 N–H and O–H groups in total. The summed E-state index contributed by atoms with van der Waals surface area (Å²) < 4.78 is 0. The molecule has 4 rings (SSSR count). The summed E-state index contributed by atoms with van der Waals surface area (Å²) in [5, 5.41) is 7.68. The average molecular weight is 248 g/mol. The van der Waals surface area contributed by atoms with Gasteiger partial charge in [-0.1, -0.05) is 12.8 Å². The first-order valence-electron chi connectivity index (χ1n) is 8.32. The Balaban J connectivity index is 1.21. The zero-order valence-corrected chi connectivity index (χ0v) is 11.6. The van der Waals surface area contributed by atoms with Crippen LogP contribution in [0.5, 0.6) is 0 Å². The van der Waals surface area contributed by atoms with Crippen molar-refractivity contribution in [3.05, 3.63) is 0 Å². The molecule has 0 aromatic heterocycles. The standard InChI is InChI=1S/C16H28N2/c1-2-4-15-12(3-1)9-14(18-15)10-17-11-16(7-8-16)13-5-6-13/h12-15,17-18H,1-11H2. The lowest BCUT2D eigenvalue weighted by Gasteiger charge is -2.24. The predicted octanol–water partition coefficient (Wildman–Crippen LogP) is 2.69. The maximum absolute atomic E-state index is 3.88. The highest BCUT2D eigenvalue weighted by Crippen LogP contribution is 2.60. The van der Waals surface area contributed by atoms with Gasteiger partial charge in [-0.2, -0.15) is 0 Å². The Morgan fingerprint density at radius 3 is 2.61 bits per heavy atom. The topological polar surface area (TPSA) is 24.1 Å². The van der Waals surface area contributed by atoms with Crippen molar-refractivity contribution >= 4 is 0 Å². The van der Waals surface area contributed by atoms with Gasteiger partial charge in [0.2, 0.25) is 0 Å². The Bertz CT molecular complexity index is 292. The molecule has 0 aromatic carbocycles. The van der Waals surface area contributed by atoms with Crippen LogP contribution in [0.25, 0.3) is 0 Å². The quantitative estimate of drug-likeness (QED) is 0.781. The fraction of sp³-hybridized carbons (Fsp3) is 1.00. The Kier molecular flexibility index (Phi) is 2.92. The molecule has 3 atom stereocenters. The summed E-state index contributed by atoms with van der Waals surface area (Å²) in [7, 11) is 0. The molecule has 0 radical (unpaired) electrons. The fourth-order valence-corrected chi connectivity index (χ4v) is 4.67. The first-order chi connectivity index (χ1) is 8.86. The van der Waals surface area contributed by atoms with E-state index in [1.807, 2.05) is 0 Å². The molecule has 1 saturated heterocycles. The molecular weight excluding hydrogens is 220 g/mol. The van der Waals surface area contributed by atoms with Gasteiger partial charge in [-0.3, -0.25) is 0 Å². The van der Waals surface area contributed by atoms with E-state index in [0.717, 1.165) is 29.3 Å². The lowest BCUT2D eigenvalue weighted by molar-refractivity contribution is 0.325. The fourth-order valence-electron chi connectivity index (χ4n) is 4.67. The van der Waals surface area contributed by atoms with Gasteiger partial charge in [-0.05, 0) is 62.2 Å². The van der Waals surface area contributed by atoms with Crippen LogP contribution >= 0.6 is 0 Å². The number of rotatable bonds is 5. The van der Waals surface area contributed by atoms with Gasteiger partial charge in [0.1, 0.15) is 0 Å². The van der Waals surface area contributed by atoms with Crippen LogP contribution < -0.4 is 10.6 Å². The van der Waals surface area contributed by atoms with Gasteiger partial charge in [0.25, 0.3) is 0 Å². The van der Waals surface area contributed by atoms with E-state index < -0.39 is 0 Å². The van der Waals surface area contributed by atoms with Gasteiger partial charge in [0, 0.05) is 25.2 Å². The van der Waals surface area contributed by atoms with E-state index in [9.17, 15) is 0 Å². The van der Waals surface area contributed by atoms with Crippen molar-refractivity contribution in [2.24, 2.45) is 17.3 Å². The second kappa shape index (κ2) is 4.49. The van der Waals surface area contributed by atoms with Crippen molar-refractivity contribution in [2.45, 2.75) is 69.9 Å². The van der Waals surface area contributed by atoms with E-state index in [4.69, 9.17) is 0 Å². The van der Waals surface area contributed by atoms with Gasteiger partial charge in [0.15, 0.2) is 0 Å². The van der Waals surface area contributed by atoms with Gasteiger partial charge in [0.05, 0.1) is 0 Å². The summed E-state index contributed by atoms with van der Waals surface area (Å²) in [5.74, 6) is 2.10. The van der Waals surface area contributed by atoms with Crippen LogP contribution in [0.3, 0.4) is 0 Å². The van der Waals surface area contributed by atoms with Crippen LogP contribution in [0.1, 0.15) is 57.8 Å². The molecule has 0 spiro atoms. The molecular formula is C16H28N2. The maximum atomic E-state index is 3.88. The lowest BCUT2D eigenvalue weighted by atomic mass is 9.85. The molecule has 0 amide bonds. The van der Waals surface area contributed by atoms with Crippen molar-refractivity contribution < 1.29 is 0 Å².